The molecule has 118 valence electrons. The van der Waals surface area contributed by atoms with Crippen LogP contribution in [0.4, 0.5) is 0 Å². The van der Waals surface area contributed by atoms with E-state index in [0.29, 0.717) is 6.54 Å². The molecule has 3 nitrogen and oxygen atoms in total. The Bertz CT molecular complexity index is 748. The van der Waals surface area contributed by atoms with Crippen LogP contribution in [0.15, 0.2) is 79.1 Å². The van der Waals surface area contributed by atoms with E-state index in [1.54, 1.807) is 0 Å². The Labute approximate surface area is 143 Å². The summed E-state index contributed by atoms with van der Waals surface area (Å²) in [6, 6.07) is 22.0. The molecule has 0 saturated heterocycles. The maximum Gasteiger partial charge on any atom is 0.0612 e. The Balaban J connectivity index is 1.70. The normalized spacial score (nSPS) is 10.2. The maximum atomic E-state index is 4.42. The molecule has 0 unspecified atom stereocenters. The minimum atomic E-state index is 0.669. The molecule has 0 bridgehead atoms. The van der Waals surface area contributed by atoms with Crippen molar-refractivity contribution in [3.8, 4) is 11.8 Å². The van der Waals surface area contributed by atoms with Gasteiger partial charge >= 0.3 is 0 Å². The average Bonchev–Trinajstić information content (AvgIpc) is 2.64. The largest absolute Gasteiger partial charge is 0.281 e. The fourth-order valence-corrected chi connectivity index (χ4v) is 2.38. The summed E-state index contributed by atoms with van der Waals surface area (Å²) in [7, 11) is 0. The zero-order valence-corrected chi connectivity index (χ0v) is 13.5. The molecular weight excluding hydrogens is 294 g/mol. The van der Waals surface area contributed by atoms with Crippen LogP contribution in [0.2, 0.25) is 0 Å². The van der Waals surface area contributed by atoms with E-state index in [4.69, 9.17) is 0 Å². The predicted molar refractivity (Wildman–Crippen MR) is 95.9 cm³/mol. The first-order chi connectivity index (χ1) is 11.9. The lowest BCUT2D eigenvalue weighted by Crippen LogP contribution is -2.24. The summed E-state index contributed by atoms with van der Waals surface area (Å²) >= 11 is 0. The number of hydrogen-bond donors (Lipinski definition) is 0. The molecule has 3 heteroatoms. The summed E-state index contributed by atoms with van der Waals surface area (Å²) in [4.78, 5) is 11.1. The van der Waals surface area contributed by atoms with Crippen molar-refractivity contribution in [2.75, 3.05) is 6.54 Å². The maximum absolute atomic E-state index is 4.42. The third kappa shape index (κ3) is 5.05. The summed E-state index contributed by atoms with van der Waals surface area (Å²) < 4.78 is 0. The van der Waals surface area contributed by atoms with E-state index in [2.05, 4.69) is 26.7 Å². The highest BCUT2D eigenvalue weighted by molar-refractivity contribution is 5.33. The van der Waals surface area contributed by atoms with Gasteiger partial charge in [-0.05, 0) is 36.4 Å². The van der Waals surface area contributed by atoms with Crippen LogP contribution in [0.5, 0.6) is 0 Å². The van der Waals surface area contributed by atoms with Gasteiger partial charge in [-0.1, -0.05) is 42.2 Å². The van der Waals surface area contributed by atoms with E-state index in [-0.39, 0.29) is 0 Å². The number of hydrogen-bond acceptors (Lipinski definition) is 3. The molecule has 0 aliphatic carbocycles. The first kappa shape index (κ1) is 15.9. The number of benzene rings is 1. The Kier molecular flexibility index (Phi) is 5.71. The van der Waals surface area contributed by atoms with Gasteiger partial charge in [0.2, 0.25) is 0 Å². The van der Waals surface area contributed by atoms with E-state index in [9.17, 15) is 0 Å². The third-order valence-corrected chi connectivity index (χ3v) is 3.53. The van der Waals surface area contributed by atoms with E-state index >= 15 is 0 Å². The topological polar surface area (TPSA) is 29.0 Å². The average molecular weight is 313 g/mol. The minimum Gasteiger partial charge on any atom is -0.281 e. The second-order valence-electron chi connectivity index (χ2n) is 5.46. The van der Waals surface area contributed by atoms with Crippen LogP contribution in [-0.2, 0) is 13.1 Å². The van der Waals surface area contributed by atoms with Gasteiger partial charge in [0, 0.05) is 31.0 Å². The van der Waals surface area contributed by atoms with Crippen LogP contribution >= 0.6 is 0 Å². The summed E-state index contributed by atoms with van der Waals surface area (Å²) in [6.45, 7) is 2.17. The molecule has 0 N–H and O–H groups in total. The number of aromatic nitrogens is 2. The van der Waals surface area contributed by atoms with Gasteiger partial charge < -0.3 is 0 Å². The van der Waals surface area contributed by atoms with Gasteiger partial charge in [-0.2, -0.15) is 0 Å². The van der Waals surface area contributed by atoms with E-state index < -0.39 is 0 Å². The first-order valence-corrected chi connectivity index (χ1v) is 7.96. The predicted octanol–water partition coefficient (Wildman–Crippen LogP) is 3.53. The van der Waals surface area contributed by atoms with Gasteiger partial charge in [0.1, 0.15) is 0 Å². The molecule has 0 fully saturated rings. The second-order valence-corrected chi connectivity index (χ2v) is 5.46. The van der Waals surface area contributed by atoms with Crippen LogP contribution in [-0.4, -0.2) is 21.4 Å². The summed E-state index contributed by atoms with van der Waals surface area (Å²) in [5.74, 6) is 6.48. The number of nitrogens with zero attached hydrogens (tertiary/aromatic N) is 3. The number of rotatable bonds is 5. The fourth-order valence-electron chi connectivity index (χ4n) is 2.38. The Morgan fingerprint density at radius 3 is 1.83 bits per heavy atom. The third-order valence-electron chi connectivity index (χ3n) is 3.53. The Hall–Kier alpha value is -2.96. The zero-order chi connectivity index (χ0) is 16.5. The molecule has 3 aromatic rings. The first-order valence-electron chi connectivity index (χ1n) is 7.96. The van der Waals surface area contributed by atoms with Crippen molar-refractivity contribution in [2.45, 2.75) is 13.1 Å². The summed E-state index contributed by atoms with van der Waals surface area (Å²) in [6.07, 6.45) is 3.65. The smallest absolute Gasteiger partial charge is 0.0612 e. The molecule has 0 aliphatic rings. The van der Waals surface area contributed by atoms with Crippen molar-refractivity contribution >= 4 is 0 Å². The highest BCUT2D eigenvalue weighted by Crippen LogP contribution is 2.06. The lowest BCUT2D eigenvalue weighted by molar-refractivity contribution is 0.283. The Morgan fingerprint density at radius 2 is 1.29 bits per heavy atom. The van der Waals surface area contributed by atoms with Crippen molar-refractivity contribution in [3.63, 3.8) is 0 Å². The van der Waals surface area contributed by atoms with E-state index in [1.165, 1.54) is 0 Å². The molecule has 0 radical (unpaired) electrons. The minimum absolute atomic E-state index is 0.669. The highest BCUT2D eigenvalue weighted by atomic mass is 15.1. The summed E-state index contributed by atoms with van der Waals surface area (Å²) in [5.41, 5.74) is 3.11. The molecule has 2 heterocycles. The molecule has 1 aromatic carbocycles. The molecule has 3 rings (SSSR count). The summed E-state index contributed by atoms with van der Waals surface area (Å²) in [5, 5.41) is 0. The quantitative estimate of drug-likeness (QED) is 0.675. The molecule has 0 amide bonds. The lowest BCUT2D eigenvalue weighted by atomic mass is 10.2. The second kappa shape index (κ2) is 8.61. The Morgan fingerprint density at radius 1 is 0.708 bits per heavy atom. The van der Waals surface area contributed by atoms with Crippen LogP contribution in [0.25, 0.3) is 0 Å². The zero-order valence-electron chi connectivity index (χ0n) is 13.5. The van der Waals surface area contributed by atoms with Crippen molar-refractivity contribution in [3.05, 3.63) is 96.1 Å². The molecule has 2 aromatic heterocycles. The fraction of sp³-hybridized carbons (Fsp3) is 0.143. The SMILES string of the molecule is C(#Cc1ccccc1)CN(Cc1ccccn1)Cc1ccccn1. The molecule has 0 atom stereocenters. The van der Waals surface area contributed by atoms with Crippen LogP contribution < -0.4 is 0 Å². The standard InChI is InChI=1S/C21H19N3/c1-2-9-19(10-3-1)11-8-16-24(17-20-12-4-6-14-22-20)18-21-13-5-7-15-23-21/h1-7,9-10,12-15H,16-18H2. The van der Waals surface area contributed by atoms with Gasteiger partial charge in [0.25, 0.3) is 0 Å². The molecular formula is C21H19N3. The van der Waals surface area contributed by atoms with Crippen molar-refractivity contribution in [1.82, 2.24) is 14.9 Å². The van der Waals surface area contributed by atoms with Gasteiger partial charge in [-0.25, -0.2) is 0 Å². The molecule has 0 spiro atoms. The van der Waals surface area contributed by atoms with E-state index in [0.717, 1.165) is 30.0 Å². The van der Waals surface area contributed by atoms with Gasteiger partial charge in [-0.15, -0.1) is 0 Å². The van der Waals surface area contributed by atoms with Crippen LogP contribution in [0, 0.1) is 11.8 Å². The highest BCUT2D eigenvalue weighted by Gasteiger charge is 2.07. The van der Waals surface area contributed by atoms with Gasteiger partial charge in [-0.3, -0.25) is 14.9 Å². The van der Waals surface area contributed by atoms with E-state index in [1.807, 2.05) is 79.1 Å². The number of pyridine rings is 2. The van der Waals surface area contributed by atoms with Crippen LogP contribution in [0.1, 0.15) is 17.0 Å². The van der Waals surface area contributed by atoms with Crippen molar-refractivity contribution in [2.24, 2.45) is 0 Å². The van der Waals surface area contributed by atoms with Crippen LogP contribution in [0.3, 0.4) is 0 Å². The van der Waals surface area contributed by atoms with Crippen molar-refractivity contribution in [1.29, 1.82) is 0 Å². The molecule has 24 heavy (non-hydrogen) atoms. The molecule has 0 aliphatic heterocycles. The van der Waals surface area contributed by atoms with Gasteiger partial charge in [0.05, 0.1) is 17.9 Å². The lowest BCUT2D eigenvalue weighted by Gasteiger charge is -2.18. The molecule has 0 saturated carbocycles. The van der Waals surface area contributed by atoms with Gasteiger partial charge in [0.15, 0.2) is 0 Å². The monoisotopic (exact) mass is 313 g/mol. The van der Waals surface area contributed by atoms with Crippen molar-refractivity contribution < 1.29 is 0 Å².